The van der Waals surface area contributed by atoms with Gasteiger partial charge >= 0.3 is 0 Å². The van der Waals surface area contributed by atoms with Crippen LogP contribution in [0.2, 0.25) is 0 Å². The number of ketones is 1. The fourth-order valence-corrected chi connectivity index (χ4v) is 10.6. The molecule has 5 aliphatic rings. The van der Waals surface area contributed by atoms with Crippen molar-refractivity contribution >= 4 is 5.78 Å². The van der Waals surface area contributed by atoms with E-state index in [-0.39, 0.29) is 0 Å². The van der Waals surface area contributed by atoms with Gasteiger partial charge in [-0.25, -0.2) is 0 Å². The van der Waals surface area contributed by atoms with Crippen molar-refractivity contribution in [2.24, 2.45) is 50.7 Å². The molecule has 0 heterocycles. The quantitative estimate of drug-likeness (QED) is 0.514. The van der Waals surface area contributed by atoms with Crippen LogP contribution in [0.3, 0.4) is 0 Å². The molecule has 0 aromatic carbocycles. The summed E-state index contributed by atoms with van der Waals surface area (Å²) in [6, 6.07) is 0. The van der Waals surface area contributed by atoms with Crippen LogP contribution in [0.15, 0.2) is 0 Å². The Hall–Kier alpha value is -0.330. The average molecular weight is 357 g/mol. The molecular formula is C25H40O. The molecule has 0 N–H and O–H groups in total. The van der Waals surface area contributed by atoms with E-state index in [2.05, 4.69) is 41.5 Å². The number of hydrogen-bond donors (Lipinski definition) is 0. The Kier molecular flexibility index (Phi) is 3.28. The minimum atomic E-state index is 0.388. The van der Waals surface area contributed by atoms with Gasteiger partial charge < -0.3 is 0 Å². The zero-order chi connectivity index (χ0) is 18.8. The van der Waals surface area contributed by atoms with Gasteiger partial charge in [-0.05, 0) is 95.7 Å². The number of carbonyl (C=O) groups is 1. The number of Topliss-reactive ketones (excluding diaryl/α,β-unsaturated/α-hetero) is 1. The van der Waals surface area contributed by atoms with Gasteiger partial charge in [-0.1, -0.05) is 41.5 Å². The van der Waals surface area contributed by atoms with Crippen LogP contribution >= 0.6 is 0 Å². The molecule has 5 saturated carbocycles. The highest BCUT2D eigenvalue weighted by atomic mass is 16.1. The summed E-state index contributed by atoms with van der Waals surface area (Å²) in [4.78, 5) is 12.3. The summed E-state index contributed by atoms with van der Waals surface area (Å²) in [6.45, 7) is 15.5. The monoisotopic (exact) mass is 356 g/mol. The standard InChI is InChI=1S/C25H40O/c1-16(2)19-8-10-24-15-25(24)14-17(3)20-13-18(26)7-9-21(20,4)23(25,6)12-11-22(19,24)5/h16-17,19-20H,7-15H2,1-6H3/t17?,19?,20?,21-,22+,23?,24?,25?/m0/s1. The lowest BCUT2D eigenvalue weighted by Crippen LogP contribution is -2.62. The lowest BCUT2D eigenvalue weighted by atomic mass is 9.36. The van der Waals surface area contributed by atoms with Crippen LogP contribution in [-0.2, 0) is 4.79 Å². The lowest BCUT2D eigenvalue weighted by molar-refractivity contribution is -0.196. The van der Waals surface area contributed by atoms with Crippen molar-refractivity contribution in [1.29, 1.82) is 0 Å². The summed E-state index contributed by atoms with van der Waals surface area (Å²) < 4.78 is 0. The summed E-state index contributed by atoms with van der Waals surface area (Å²) >= 11 is 0. The van der Waals surface area contributed by atoms with Gasteiger partial charge in [0.2, 0.25) is 0 Å². The molecule has 26 heavy (non-hydrogen) atoms. The van der Waals surface area contributed by atoms with Gasteiger partial charge in [-0.2, -0.15) is 0 Å². The SMILES string of the molecule is CC(C)C1CCC23CC24CC(C)C2CC(=O)CC[C@]2(C)C4(C)CC[C@]13C. The summed E-state index contributed by atoms with van der Waals surface area (Å²) in [7, 11) is 0. The largest absolute Gasteiger partial charge is 0.300 e. The predicted molar refractivity (Wildman–Crippen MR) is 107 cm³/mol. The number of hydrogen-bond acceptors (Lipinski definition) is 1. The van der Waals surface area contributed by atoms with E-state index in [4.69, 9.17) is 0 Å². The molecule has 146 valence electrons. The Morgan fingerprint density at radius 3 is 2.38 bits per heavy atom. The molecule has 0 aromatic rings. The molecule has 8 atom stereocenters. The van der Waals surface area contributed by atoms with Gasteiger partial charge in [-0.3, -0.25) is 4.79 Å². The van der Waals surface area contributed by atoms with E-state index in [9.17, 15) is 4.79 Å². The maximum absolute atomic E-state index is 12.3. The third-order valence-corrected chi connectivity index (χ3v) is 12.0. The summed E-state index contributed by atoms with van der Waals surface area (Å²) in [5, 5.41) is 0. The molecule has 0 aliphatic heterocycles. The highest BCUT2D eigenvalue weighted by molar-refractivity contribution is 5.80. The first kappa shape index (κ1) is 17.7. The van der Waals surface area contributed by atoms with Crippen molar-refractivity contribution in [2.75, 3.05) is 0 Å². The molecule has 5 rings (SSSR count). The highest BCUT2D eigenvalue weighted by Gasteiger charge is 2.87. The lowest BCUT2D eigenvalue weighted by Gasteiger charge is -2.68. The van der Waals surface area contributed by atoms with Crippen LogP contribution in [0.25, 0.3) is 0 Å². The molecule has 0 saturated heterocycles. The summed E-state index contributed by atoms with van der Waals surface area (Å²) in [5.41, 5.74) is 2.64. The van der Waals surface area contributed by atoms with Gasteiger partial charge in [0.15, 0.2) is 0 Å². The zero-order valence-electron chi connectivity index (χ0n) is 18.1. The van der Waals surface area contributed by atoms with Crippen LogP contribution in [-0.4, -0.2) is 5.78 Å². The predicted octanol–water partition coefficient (Wildman–Crippen LogP) is 6.65. The molecular weight excluding hydrogens is 316 g/mol. The zero-order valence-corrected chi connectivity index (χ0v) is 18.1. The van der Waals surface area contributed by atoms with Gasteiger partial charge in [0.05, 0.1) is 0 Å². The van der Waals surface area contributed by atoms with E-state index >= 15 is 0 Å². The van der Waals surface area contributed by atoms with Crippen LogP contribution in [0, 0.1) is 50.7 Å². The molecule has 5 fully saturated rings. The minimum Gasteiger partial charge on any atom is -0.300 e. The van der Waals surface area contributed by atoms with E-state index < -0.39 is 0 Å². The van der Waals surface area contributed by atoms with Crippen molar-refractivity contribution in [3.8, 4) is 0 Å². The molecule has 0 amide bonds. The van der Waals surface area contributed by atoms with Gasteiger partial charge in [-0.15, -0.1) is 0 Å². The second-order valence-corrected chi connectivity index (χ2v) is 12.4. The first-order chi connectivity index (χ1) is 12.1. The van der Waals surface area contributed by atoms with Crippen molar-refractivity contribution in [3.05, 3.63) is 0 Å². The molecule has 1 nitrogen and oxygen atoms in total. The number of fused-ring (bicyclic) bond motifs is 2. The Morgan fingerprint density at radius 1 is 0.962 bits per heavy atom. The fourth-order valence-electron chi connectivity index (χ4n) is 10.6. The van der Waals surface area contributed by atoms with Gasteiger partial charge in [0, 0.05) is 12.8 Å². The molecule has 1 heteroatoms. The topological polar surface area (TPSA) is 17.1 Å². The average Bonchev–Trinajstić information content (AvgIpc) is 3.14. The van der Waals surface area contributed by atoms with Gasteiger partial charge in [0.25, 0.3) is 0 Å². The first-order valence-electron chi connectivity index (χ1n) is 11.6. The van der Waals surface area contributed by atoms with Crippen LogP contribution in [0.5, 0.6) is 0 Å². The Labute approximate surface area is 161 Å². The van der Waals surface area contributed by atoms with Crippen molar-refractivity contribution in [3.63, 3.8) is 0 Å². The van der Waals surface area contributed by atoms with Crippen LogP contribution in [0.4, 0.5) is 0 Å². The molecule has 5 aliphatic carbocycles. The van der Waals surface area contributed by atoms with E-state index in [0.717, 1.165) is 30.6 Å². The van der Waals surface area contributed by atoms with E-state index in [1.807, 2.05) is 0 Å². The van der Waals surface area contributed by atoms with Crippen molar-refractivity contribution in [2.45, 2.75) is 99.3 Å². The number of rotatable bonds is 1. The summed E-state index contributed by atoms with van der Waals surface area (Å²) in [6.07, 6.45) is 11.6. The maximum atomic E-state index is 12.3. The van der Waals surface area contributed by atoms with Gasteiger partial charge in [0.1, 0.15) is 5.78 Å². The maximum Gasteiger partial charge on any atom is 0.133 e. The third kappa shape index (κ3) is 1.58. The Balaban J connectivity index is 1.61. The van der Waals surface area contributed by atoms with E-state index in [1.165, 1.54) is 44.9 Å². The Morgan fingerprint density at radius 2 is 1.69 bits per heavy atom. The smallest absolute Gasteiger partial charge is 0.133 e. The van der Waals surface area contributed by atoms with Crippen LogP contribution < -0.4 is 0 Å². The highest BCUT2D eigenvalue weighted by Crippen LogP contribution is 2.94. The molecule has 6 unspecified atom stereocenters. The normalized spacial score (nSPS) is 60.9. The van der Waals surface area contributed by atoms with E-state index in [0.29, 0.717) is 38.8 Å². The molecule has 2 spiro atoms. The van der Waals surface area contributed by atoms with Crippen LogP contribution in [0.1, 0.15) is 99.3 Å². The fraction of sp³-hybridized carbons (Fsp3) is 0.960. The molecule has 0 aromatic heterocycles. The Bertz CT molecular complexity index is 665. The third-order valence-electron chi connectivity index (χ3n) is 12.0. The summed E-state index contributed by atoms with van der Waals surface area (Å²) in [5.74, 6) is 3.69. The number of carbonyl (C=O) groups excluding carboxylic acids is 1. The minimum absolute atomic E-state index is 0.388. The molecule has 0 radical (unpaired) electrons. The second-order valence-electron chi connectivity index (χ2n) is 12.4. The van der Waals surface area contributed by atoms with Crippen molar-refractivity contribution < 1.29 is 4.79 Å². The second kappa shape index (κ2) is 4.80. The molecule has 0 bridgehead atoms. The first-order valence-corrected chi connectivity index (χ1v) is 11.6. The van der Waals surface area contributed by atoms with Crippen molar-refractivity contribution in [1.82, 2.24) is 0 Å². The van der Waals surface area contributed by atoms with E-state index in [1.54, 1.807) is 0 Å².